The average Bonchev–Trinajstić information content (AvgIpc) is 2.87. The summed E-state index contributed by atoms with van der Waals surface area (Å²) in [6, 6.07) is 6.72. The van der Waals surface area contributed by atoms with Gasteiger partial charge in [0.25, 0.3) is 11.8 Å². The van der Waals surface area contributed by atoms with Gasteiger partial charge in [0.1, 0.15) is 23.5 Å². The van der Waals surface area contributed by atoms with Crippen molar-refractivity contribution in [1.29, 1.82) is 0 Å². The first-order chi connectivity index (χ1) is 18.5. The SMILES string of the molecule is COc1c(Cl)cccc1NC(=O)C1=C(NCc2ccncc2OCCN(C)C(=O)OC(C)(C)C)CCNC1=O. The van der Waals surface area contributed by atoms with E-state index in [2.05, 4.69) is 20.9 Å². The number of anilines is 1. The van der Waals surface area contributed by atoms with Gasteiger partial charge in [-0.15, -0.1) is 0 Å². The molecule has 1 aliphatic heterocycles. The first-order valence-electron chi connectivity index (χ1n) is 12.4. The van der Waals surface area contributed by atoms with E-state index in [9.17, 15) is 14.4 Å². The number of methoxy groups -OCH3 is 1. The van der Waals surface area contributed by atoms with Gasteiger partial charge in [-0.2, -0.15) is 0 Å². The Morgan fingerprint density at radius 1 is 1.23 bits per heavy atom. The molecule has 0 radical (unpaired) electrons. The zero-order chi connectivity index (χ0) is 28.6. The number of pyridine rings is 1. The maximum Gasteiger partial charge on any atom is 0.410 e. The van der Waals surface area contributed by atoms with E-state index in [0.717, 1.165) is 5.56 Å². The molecule has 0 spiro atoms. The third-order valence-electron chi connectivity index (χ3n) is 5.59. The minimum atomic E-state index is -0.591. The van der Waals surface area contributed by atoms with E-state index in [0.29, 0.717) is 47.4 Å². The topological polar surface area (TPSA) is 131 Å². The molecule has 11 nitrogen and oxygen atoms in total. The van der Waals surface area contributed by atoms with Gasteiger partial charge < -0.3 is 35.1 Å². The Balaban J connectivity index is 1.68. The molecular weight excluding hydrogens is 526 g/mol. The van der Waals surface area contributed by atoms with Gasteiger partial charge in [-0.3, -0.25) is 14.6 Å². The molecule has 0 saturated heterocycles. The Morgan fingerprint density at radius 2 is 2.00 bits per heavy atom. The van der Waals surface area contributed by atoms with Crippen LogP contribution in [-0.2, 0) is 20.9 Å². The van der Waals surface area contributed by atoms with Crippen LogP contribution in [0.25, 0.3) is 0 Å². The lowest BCUT2D eigenvalue weighted by Gasteiger charge is -2.25. The molecule has 1 aromatic heterocycles. The van der Waals surface area contributed by atoms with Gasteiger partial charge >= 0.3 is 6.09 Å². The number of para-hydroxylation sites is 1. The third-order valence-corrected chi connectivity index (χ3v) is 5.89. The first-order valence-corrected chi connectivity index (χ1v) is 12.8. The van der Waals surface area contributed by atoms with Crippen LogP contribution in [0, 0.1) is 0 Å². The summed E-state index contributed by atoms with van der Waals surface area (Å²) in [4.78, 5) is 43.6. The van der Waals surface area contributed by atoms with Gasteiger partial charge in [-0.25, -0.2) is 4.79 Å². The van der Waals surface area contributed by atoms with Crippen LogP contribution < -0.4 is 25.4 Å². The van der Waals surface area contributed by atoms with Crippen molar-refractivity contribution in [3.05, 3.63) is 58.5 Å². The van der Waals surface area contributed by atoms with Crippen LogP contribution in [0.2, 0.25) is 5.02 Å². The lowest BCUT2D eigenvalue weighted by molar-refractivity contribution is -0.122. The summed E-state index contributed by atoms with van der Waals surface area (Å²) in [6.07, 6.45) is 3.19. The molecule has 0 atom stereocenters. The largest absolute Gasteiger partial charge is 0.493 e. The Kier molecular flexibility index (Phi) is 10.00. The molecule has 1 aromatic carbocycles. The van der Waals surface area contributed by atoms with Gasteiger partial charge in [0.2, 0.25) is 0 Å². The molecule has 3 N–H and O–H groups in total. The highest BCUT2D eigenvalue weighted by molar-refractivity contribution is 6.33. The molecule has 3 rings (SSSR count). The second-order valence-electron chi connectivity index (χ2n) is 9.72. The van der Waals surface area contributed by atoms with E-state index >= 15 is 0 Å². The van der Waals surface area contributed by atoms with Crippen molar-refractivity contribution in [2.45, 2.75) is 39.3 Å². The van der Waals surface area contributed by atoms with Gasteiger partial charge in [0.05, 0.1) is 30.6 Å². The molecule has 0 saturated carbocycles. The summed E-state index contributed by atoms with van der Waals surface area (Å²) in [5.74, 6) is -0.266. The monoisotopic (exact) mass is 559 g/mol. The van der Waals surface area contributed by atoms with E-state index in [4.69, 9.17) is 25.8 Å². The molecule has 2 aromatic rings. The molecule has 0 fully saturated rings. The maximum atomic E-state index is 13.1. The number of aromatic nitrogens is 1. The molecule has 2 heterocycles. The summed E-state index contributed by atoms with van der Waals surface area (Å²) >= 11 is 6.16. The van der Waals surface area contributed by atoms with E-state index in [1.165, 1.54) is 12.0 Å². The highest BCUT2D eigenvalue weighted by Gasteiger charge is 2.28. The van der Waals surface area contributed by atoms with Gasteiger partial charge in [-0.05, 0) is 39.0 Å². The van der Waals surface area contributed by atoms with Crippen LogP contribution in [0.15, 0.2) is 47.9 Å². The number of hydrogen-bond donors (Lipinski definition) is 3. The van der Waals surface area contributed by atoms with Crippen LogP contribution in [-0.4, -0.2) is 67.2 Å². The van der Waals surface area contributed by atoms with E-state index < -0.39 is 23.5 Å². The minimum Gasteiger partial charge on any atom is -0.493 e. The molecule has 39 heavy (non-hydrogen) atoms. The smallest absolute Gasteiger partial charge is 0.410 e. The van der Waals surface area contributed by atoms with E-state index in [1.54, 1.807) is 64.5 Å². The fraction of sp³-hybridized carbons (Fsp3) is 0.407. The molecule has 0 unspecified atom stereocenters. The predicted octanol–water partition coefficient (Wildman–Crippen LogP) is 3.49. The number of nitrogens with one attached hydrogen (secondary N) is 3. The Morgan fingerprint density at radius 3 is 2.72 bits per heavy atom. The van der Waals surface area contributed by atoms with Crippen molar-refractivity contribution in [3.8, 4) is 11.5 Å². The van der Waals surface area contributed by atoms with Crippen LogP contribution in [0.3, 0.4) is 0 Å². The Labute approximate surface area is 232 Å². The normalized spacial score (nSPS) is 13.3. The predicted molar refractivity (Wildman–Crippen MR) is 147 cm³/mol. The van der Waals surface area contributed by atoms with Crippen molar-refractivity contribution in [1.82, 2.24) is 20.5 Å². The van der Waals surface area contributed by atoms with Gasteiger partial charge in [-0.1, -0.05) is 17.7 Å². The number of nitrogens with zero attached hydrogens (tertiary/aromatic N) is 2. The van der Waals surface area contributed by atoms with Gasteiger partial charge in [0, 0.05) is 44.0 Å². The molecular formula is C27H34ClN5O6. The zero-order valence-corrected chi connectivity index (χ0v) is 23.5. The zero-order valence-electron chi connectivity index (χ0n) is 22.7. The van der Waals surface area contributed by atoms with Crippen molar-refractivity contribution in [2.75, 3.05) is 39.2 Å². The number of ether oxygens (including phenoxy) is 3. The number of carbonyl (C=O) groups is 3. The van der Waals surface area contributed by atoms with Crippen LogP contribution >= 0.6 is 11.6 Å². The van der Waals surface area contributed by atoms with E-state index in [1.807, 2.05) is 0 Å². The Bertz CT molecular complexity index is 1240. The Hall–Kier alpha value is -3.99. The molecule has 3 amide bonds. The summed E-state index contributed by atoms with van der Waals surface area (Å²) in [5, 5.41) is 8.98. The fourth-order valence-corrected chi connectivity index (χ4v) is 3.93. The van der Waals surface area contributed by atoms with Crippen LogP contribution in [0.4, 0.5) is 10.5 Å². The molecule has 210 valence electrons. The molecule has 12 heteroatoms. The van der Waals surface area contributed by atoms with Crippen molar-refractivity contribution < 1.29 is 28.6 Å². The highest BCUT2D eigenvalue weighted by Crippen LogP contribution is 2.33. The van der Waals surface area contributed by atoms with Crippen LogP contribution in [0.5, 0.6) is 11.5 Å². The van der Waals surface area contributed by atoms with Crippen molar-refractivity contribution in [3.63, 3.8) is 0 Å². The number of benzene rings is 1. The molecule has 0 bridgehead atoms. The standard InChI is InChI=1S/C27H34ClN5O6/c1-27(2,3)39-26(36)33(4)13-14-38-21-16-29-11-9-17(21)15-31-19-10-12-30-24(34)22(19)25(35)32-20-8-6-7-18(28)23(20)37-5/h6-9,11,16,31H,10,12-15H2,1-5H3,(H,30,34)(H,32,35). The molecule has 0 aliphatic carbocycles. The number of likely N-dealkylation sites (N-methyl/N-ethyl adjacent to an activating group) is 1. The number of hydrogen-bond acceptors (Lipinski definition) is 8. The van der Waals surface area contributed by atoms with E-state index in [-0.39, 0.29) is 18.7 Å². The first kappa shape index (κ1) is 29.6. The summed E-state index contributed by atoms with van der Waals surface area (Å²) < 4.78 is 16.5. The third kappa shape index (κ3) is 8.25. The second-order valence-corrected chi connectivity index (χ2v) is 10.1. The summed E-state index contributed by atoms with van der Waals surface area (Å²) in [7, 11) is 3.08. The van der Waals surface area contributed by atoms with Crippen molar-refractivity contribution in [2.24, 2.45) is 0 Å². The minimum absolute atomic E-state index is 0.0289. The number of amides is 3. The summed E-state index contributed by atoms with van der Waals surface area (Å²) in [6.45, 7) is 6.60. The lowest BCUT2D eigenvalue weighted by atomic mass is 10.1. The van der Waals surface area contributed by atoms with Gasteiger partial charge in [0.15, 0.2) is 5.75 Å². The molecule has 1 aliphatic rings. The number of rotatable bonds is 10. The highest BCUT2D eigenvalue weighted by atomic mass is 35.5. The van der Waals surface area contributed by atoms with Crippen LogP contribution in [0.1, 0.15) is 32.8 Å². The number of halogens is 1. The fourth-order valence-electron chi connectivity index (χ4n) is 3.68. The maximum absolute atomic E-state index is 13.1. The lowest BCUT2D eigenvalue weighted by Crippen LogP contribution is -2.40. The second kappa shape index (κ2) is 13.2. The quantitative estimate of drug-likeness (QED) is 0.377. The average molecular weight is 560 g/mol. The van der Waals surface area contributed by atoms with Crippen molar-refractivity contribution >= 4 is 35.2 Å². The summed E-state index contributed by atoms with van der Waals surface area (Å²) in [5.41, 5.74) is 0.985. The number of carbonyl (C=O) groups excluding carboxylic acids is 3.